The maximum Gasteiger partial charge on any atom is 0.352 e. The highest BCUT2D eigenvalue weighted by atomic mass is 32.2. The quantitative estimate of drug-likeness (QED) is 0.191. The number of oxime groups is 1. The van der Waals surface area contributed by atoms with Crippen LogP contribution in [0.2, 0.25) is 0 Å². The van der Waals surface area contributed by atoms with E-state index in [4.69, 9.17) is 10.6 Å². The molecule has 36 heavy (non-hydrogen) atoms. The Morgan fingerprint density at radius 1 is 1.28 bits per heavy atom. The second-order valence-electron chi connectivity index (χ2n) is 8.57. The monoisotopic (exact) mass is 530 g/mol. The minimum atomic E-state index is -1.18. The van der Waals surface area contributed by atoms with Crippen LogP contribution in [-0.2, 0) is 25.8 Å². The van der Waals surface area contributed by atoms with Gasteiger partial charge in [-0.3, -0.25) is 14.5 Å². The first-order chi connectivity index (χ1) is 17.4. The fourth-order valence-electron chi connectivity index (χ4n) is 4.41. The lowest BCUT2D eigenvalue weighted by Crippen LogP contribution is -2.71. The number of aliphatic carboxylic acids is 1. The van der Waals surface area contributed by atoms with Gasteiger partial charge in [0.05, 0.1) is 0 Å². The van der Waals surface area contributed by atoms with Crippen LogP contribution in [-0.4, -0.2) is 66.1 Å². The molecule has 0 aromatic carbocycles. The molecule has 5 rings (SSSR count). The van der Waals surface area contributed by atoms with Crippen molar-refractivity contribution in [2.24, 2.45) is 5.16 Å². The predicted molar refractivity (Wildman–Crippen MR) is 131 cm³/mol. The summed E-state index contributed by atoms with van der Waals surface area (Å²) in [4.78, 5) is 49.1. The summed E-state index contributed by atoms with van der Waals surface area (Å²) in [6, 6.07) is 4.64. The van der Waals surface area contributed by atoms with Gasteiger partial charge in [0, 0.05) is 35.0 Å². The summed E-state index contributed by atoms with van der Waals surface area (Å²) < 4.78 is 5.91. The third-order valence-electron chi connectivity index (χ3n) is 6.15. The van der Waals surface area contributed by atoms with Crippen LogP contribution in [0.15, 0.2) is 47.0 Å². The van der Waals surface area contributed by atoms with E-state index >= 15 is 0 Å². The Kier molecular flexibility index (Phi) is 6.87. The summed E-state index contributed by atoms with van der Waals surface area (Å²) in [5.74, 6) is -1.95. The molecule has 2 amide bonds. The molecule has 4 N–H and O–H groups in total. The third kappa shape index (κ3) is 4.78. The van der Waals surface area contributed by atoms with Crippen LogP contribution in [0.1, 0.15) is 31.5 Å². The van der Waals surface area contributed by atoms with Gasteiger partial charge in [-0.1, -0.05) is 11.2 Å². The fraction of sp³-hybridized carbons (Fsp3) is 0.409. The number of nitrogens with one attached hydrogen (secondary N) is 1. The summed E-state index contributed by atoms with van der Waals surface area (Å²) >= 11 is 2.31. The summed E-state index contributed by atoms with van der Waals surface area (Å²) in [6.45, 7) is 0.342. The number of amides is 2. The number of β-lactam (4-membered cyclic amide) rings is 1. The third-order valence-corrected chi connectivity index (χ3v) is 8.03. The van der Waals surface area contributed by atoms with Crippen molar-refractivity contribution in [1.29, 1.82) is 0 Å². The minimum Gasteiger partial charge on any atom is -0.477 e. The van der Waals surface area contributed by atoms with Gasteiger partial charge >= 0.3 is 5.97 Å². The molecule has 3 aliphatic rings. The Morgan fingerprint density at radius 2 is 2.03 bits per heavy atom. The fourth-order valence-corrected chi connectivity index (χ4v) is 6.18. The summed E-state index contributed by atoms with van der Waals surface area (Å²) in [5.41, 5.74) is 6.09. The number of carbonyl (C=O) groups is 3. The topological polar surface area (TPSA) is 164 Å². The highest BCUT2D eigenvalue weighted by Crippen LogP contribution is 2.40. The lowest BCUT2D eigenvalue weighted by atomic mass is 10.0. The molecule has 0 radical (unpaired) electrons. The van der Waals surface area contributed by atoms with E-state index in [9.17, 15) is 19.5 Å². The highest BCUT2D eigenvalue weighted by Gasteiger charge is 2.54. The molecule has 0 bridgehead atoms. The molecule has 12 nitrogen and oxygen atoms in total. The molecule has 2 fully saturated rings. The van der Waals surface area contributed by atoms with Crippen molar-refractivity contribution in [2.75, 3.05) is 11.5 Å². The maximum absolute atomic E-state index is 13.2. The van der Waals surface area contributed by atoms with E-state index in [0.29, 0.717) is 17.9 Å². The number of pyridine rings is 1. The molecule has 2 aliphatic heterocycles. The van der Waals surface area contributed by atoms with Crippen molar-refractivity contribution in [3.05, 3.63) is 47.7 Å². The maximum atomic E-state index is 13.2. The van der Waals surface area contributed by atoms with Crippen LogP contribution in [0.3, 0.4) is 0 Å². The van der Waals surface area contributed by atoms with Crippen LogP contribution < -0.4 is 15.6 Å². The van der Waals surface area contributed by atoms with Gasteiger partial charge in [-0.25, -0.2) is 9.36 Å². The number of fused-ring (bicyclic) bond motifs is 1. The molecular formula is C22H24N7O5S2+. The molecule has 2 aromatic rings. The van der Waals surface area contributed by atoms with E-state index in [2.05, 4.69) is 19.8 Å². The van der Waals surface area contributed by atoms with E-state index in [0.717, 1.165) is 37.2 Å². The second kappa shape index (κ2) is 10.2. The van der Waals surface area contributed by atoms with E-state index in [1.807, 2.05) is 35.2 Å². The van der Waals surface area contributed by atoms with Crippen molar-refractivity contribution in [3.63, 3.8) is 0 Å². The van der Waals surface area contributed by atoms with E-state index < -0.39 is 29.2 Å². The zero-order valence-electron chi connectivity index (χ0n) is 19.1. The molecule has 1 unspecified atom stereocenters. The largest absolute Gasteiger partial charge is 0.477 e. The van der Waals surface area contributed by atoms with Gasteiger partial charge in [0.25, 0.3) is 11.8 Å². The van der Waals surface area contributed by atoms with Crippen LogP contribution in [0.25, 0.3) is 0 Å². The number of rotatable bonds is 8. The van der Waals surface area contributed by atoms with Crippen molar-refractivity contribution in [1.82, 2.24) is 19.6 Å². The molecule has 1 saturated carbocycles. The predicted octanol–water partition coefficient (Wildman–Crippen LogP) is 0.510. The number of aromatic nitrogens is 3. The van der Waals surface area contributed by atoms with Gasteiger partial charge in [0.15, 0.2) is 24.1 Å². The number of anilines is 1. The van der Waals surface area contributed by atoms with Crippen molar-refractivity contribution < 1.29 is 28.9 Å². The van der Waals surface area contributed by atoms with Gasteiger partial charge in [0.2, 0.25) is 11.5 Å². The number of hydrogen-bond acceptors (Lipinski definition) is 10. The number of carboxylic acid groups (broad SMARTS) is 1. The van der Waals surface area contributed by atoms with Crippen LogP contribution in [0.4, 0.5) is 5.13 Å². The van der Waals surface area contributed by atoms with Crippen molar-refractivity contribution in [2.45, 2.75) is 49.7 Å². The minimum absolute atomic E-state index is 0.0150. The number of carbonyl (C=O) groups excluding carboxylic acids is 2. The Balaban J connectivity index is 1.33. The molecule has 0 spiro atoms. The molecule has 14 heteroatoms. The van der Waals surface area contributed by atoms with Gasteiger partial charge < -0.3 is 21.0 Å². The number of nitrogens with two attached hydrogens (primary N) is 1. The first kappa shape index (κ1) is 24.2. The lowest BCUT2D eigenvalue weighted by Gasteiger charge is -2.49. The van der Waals surface area contributed by atoms with Crippen molar-refractivity contribution in [3.8, 4) is 0 Å². The Hall–Kier alpha value is -3.52. The first-order valence-electron chi connectivity index (χ1n) is 11.4. The van der Waals surface area contributed by atoms with Crippen molar-refractivity contribution >= 4 is 51.9 Å². The second-order valence-corrected chi connectivity index (χ2v) is 10.5. The highest BCUT2D eigenvalue weighted by molar-refractivity contribution is 8.00. The average molecular weight is 531 g/mol. The number of nitrogens with zero attached hydrogens (tertiary/aromatic N) is 5. The Bertz CT molecular complexity index is 1240. The molecule has 2 aromatic heterocycles. The standard InChI is InChI=1S/C22H23N7O5S2/c23-22-25-17(27-36-22)14(26-34-13-6-2-3-7-13)18(30)24-15-19(31)29-16(21(32)33)12(11-35-20(15)29)10-28-8-4-1-5-9-28/h1,4-5,8-9,13,15,20H,2-3,6-7,10-11H2,(H3-,23,24,25,27,30,32,33)/p+1/b26-14-/t15?,20-/m1/s1. The van der Waals surface area contributed by atoms with Gasteiger partial charge in [-0.15, -0.1) is 11.8 Å². The van der Waals surface area contributed by atoms with E-state index in [1.165, 1.54) is 16.7 Å². The van der Waals surface area contributed by atoms with Gasteiger partial charge in [-0.05, 0) is 25.7 Å². The average Bonchev–Trinajstić information content (AvgIpc) is 3.55. The van der Waals surface area contributed by atoms with E-state index in [1.54, 1.807) is 0 Å². The number of thioether (sulfide) groups is 1. The van der Waals surface area contributed by atoms with Crippen LogP contribution >= 0.6 is 23.3 Å². The smallest absolute Gasteiger partial charge is 0.352 e. The first-order valence-corrected chi connectivity index (χ1v) is 13.2. The number of carboxylic acids is 1. The molecule has 4 heterocycles. The molecule has 1 saturated heterocycles. The zero-order valence-corrected chi connectivity index (χ0v) is 20.7. The summed E-state index contributed by atoms with van der Waals surface area (Å²) in [6.07, 6.45) is 7.30. The number of hydrogen-bond donors (Lipinski definition) is 3. The Morgan fingerprint density at radius 3 is 2.69 bits per heavy atom. The molecular weight excluding hydrogens is 506 g/mol. The van der Waals surface area contributed by atoms with Crippen LogP contribution in [0, 0.1) is 0 Å². The van der Waals surface area contributed by atoms with Gasteiger partial charge in [-0.2, -0.15) is 9.36 Å². The normalized spacial score (nSPS) is 22.3. The molecule has 2 atom stereocenters. The summed E-state index contributed by atoms with van der Waals surface area (Å²) in [7, 11) is 0. The SMILES string of the molecule is Nc1nc(/C(=N/OC2CCCC2)C(=O)NC2C(=O)N3C(C(=O)O)=C(C[n+]4ccccc4)CS[C@H]23)ns1. The lowest BCUT2D eigenvalue weighted by molar-refractivity contribution is -0.689. The molecule has 1 aliphatic carbocycles. The Labute approximate surface area is 214 Å². The number of nitrogen functional groups attached to an aromatic ring is 1. The van der Waals surface area contributed by atoms with E-state index in [-0.39, 0.29) is 28.5 Å². The van der Waals surface area contributed by atoms with Gasteiger partial charge in [0.1, 0.15) is 23.2 Å². The van der Waals surface area contributed by atoms with Crippen LogP contribution in [0.5, 0.6) is 0 Å². The molecule has 188 valence electrons. The zero-order chi connectivity index (χ0) is 25.2. The summed E-state index contributed by atoms with van der Waals surface area (Å²) in [5, 5.41) is 16.2.